The number of carbonyl (C=O) groups is 1. The number of carboxylic acids is 1. The number of hydrogen-bond donors (Lipinski definition) is 3. The molecule has 0 saturated heterocycles. The highest BCUT2D eigenvalue weighted by atomic mass is 31.2. The van der Waals surface area contributed by atoms with Crippen LogP contribution >= 0.6 is 7.60 Å². The Bertz CT molecular complexity index is 181. The lowest BCUT2D eigenvalue weighted by atomic mass is 10.3. The average Bonchev–Trinajstić information content (AvgIpc) is 1.87. The Morgan fingerprint density at radius 2 is 2.18 bits per heavy atom. The van der Waals surface area contributed by atoms with Gasteiger partial charge in [0.05, 0.1) is 6.16 Å². The summed E-state index contributed by atoms with van der Waals surface area (Å²) in [5.74, 6) is 3.45. The maximum atomic E-state index is 10.6. The Kier molecular flexibility index (Phi) is 4.29. The smallest absolute Gasteiger partial charge is 0.344 e. The lowest BCUT2D eigenvalue weighted by molar-refractivity contribution is -0.137. The summed E-state index contributed by atoms with van der Waals surface area (Å²) >= 11 is 0. The molecule has 0 saturated carbocycles. The fourth-order valence-corrected chi connectivity index (χ4v) is 1.15. The Morgan fingerprint density at radius 3 is 2.55 bits per heavy atom. The van der Waals surface area contributed by atoms with Crippen molar-refractivity contribution in [2.45, 2.75) is 12.8 Å². The van der Waals surface area contributed by atoms with E-state index >= 15 is 0 Å². The van der Waals surface area contributed by atoms with Gasteiger partial charge in [0.15, 0.2) is 0 Å². The summed E-state index contributed by atoms with van der Waals surface area (Å²) in [6, 6.07) is 0. The molecule has 66 valence electrons. The normalized spacial score (nSPS) is 15.8. The van der Waals surface area contributed by atoms with Gasteiger partial charge in [-0.3, -0.25) is 9.36 Å². The molecule has 1 unspecified atom stereocenters. The Labute approximate surface area is 63.5 Å². The van der Waals surface area contributed by atoms with E-state index < -0.39 is 13.6 Å². The molecule has 11 heavy (non-hydrogen) atoms. The Hall–Kier alpha value is -0.420. The first-order chi connectivity index (χ1) is 4.98. The first kappa shape index (κ1) is 10.6. The van der Waals surface area contributed by atoms with Crippen molar-refractivity contribution in [1.29, 1.82) is 0 Å². The van der Waals surface area contributed by atoms with E-state index in [1.807, 2.05) is 0 Å². The van der Waals surface area contributed by atoms with Crippen molar-refractivity contribution >= 4 is 13.6 Å². The number of hydrogen-bond acceptors (Lipinski definition) is 4. The summed E-state index contributed by atoms with van der Waals surface area (Å²) in [7, 11) is -3.72. The molecular weight excluding hydrogens is 173 g/mol. The van der Waals surface area contributed by atoms with Crippen molar-refractivity contribution < 1.29 is 24.0 Å². The molecule has 0 aromatic rings. The standard InChI is InChI=1S/C4H10NO5P/c5-10-11(8,9)3-1-2-4(6)7/h1-3,5H2,(H,6,7)(H,8,9). The van der Waals surface area contributed by atoms with Crippen molar-refractivity contribution in [2.24, 2.45) is 5.90 Å². The highest BCUT2D eigenvalue weighted by Gasteiger charge is 2.17. The van der Waals surface area contributed by atoms with Gasteiger partial charge in [-0.05, 0) is 6.42 Å². The van der Waals surface area contributed by atoms with Crippen LogP contribution in [0.1, 0.15) is 12.8 Å². The lowest BCUT2D eigenvalue weighted by Gasteiger charge is -2.05. The van der Waals surface area contributed by atoms with E-state index in [0.29, 0.717) is 0 Å². The second-order valence-corrected chi connectivity index (χ2v) is 3.90. The largest absolute Gasteiger partial charge is 0.481 e. The maximum absolute atomic E-state index is 10.6. The van der Waals surface area contributed by atoms with Crippen LogP contribution in [0.2, 0.25) is 0 Å². The van der Waals surface area contributed by atoms with Crippen LogP contribution in [-0.2, 0) is 14.0 Å². The van der Waals surface area contributed by atoms with Gasteiger partial charge in [-0.1, -0.05) is 0 Å². The predicted molar refractivity (Wildman–Crippen MR) is 36.8 cm³/mol. The quantitative estimate of drug-likeness (QED) is 0.406. The minimum Gasteiger partial charge on any atom is -0.481 e. The zero-order valence-corrected chi connectivity index (χ0v) is 6.66. The van der Waals surface area contributed by atoms with Crippen LogP contribution in [0.15, 0.2) is 0 Å². The van der Waals surface area contributed by atoms with Gasteiger partial charge < -0.3 is 10.00 Å². The lowest BCUT2D eigenvalue weighted by Crippen LogP contribution is -2.02. The second-order valence-electron chi connectivity index (χ2n) is 1.96. The van der Waals surface area contributed by atoms with Gasteiger partial charge in [0.1, 0.15) is 0 Å². The molecule has 0 bridgehead atoms. The van der Waals surface area contributed by atoms with Gasteiger partial charge in [-0.25, -0.2) is 10.5 Å². The highest BCUT2D eigenvalue weighted by molar-refractivity contribution is 7.52. The molecule has 6 nitrogen and oxygen atoms in total. The number of carboxylic acid groups (broad SMARTS) is 1. The molecule has 0 spiro atoms. The number of aliphatic carboxylic acids is 1. The third-order valence-electron chi connectivity index (χ3n) is 0.996. The zero-order chi connectivity index (χ0) is 8.91. The number of nitrogens with two attached hydrogens (primary N) is 1. The minimum atomic E-state index is -3.72. The summed E-state index contributed by atoms with van der Waals surface area (Å²) in [5.41, 5.74) is 0. The van der Waals surface area contributed by atoms with Crippen LogP contribution in [-0.4, -0.2) is 22.1 Å². The molecule has 0 rings (SSSR count). The van der Waals surface area contributed by atoms with Crippen LogP contribution in [0.4, 0.5) is 0 Å². The fourth-order valence-electron chi connectivity index (χ4n) is 0.483. The third kappa shape index (κ3) is 6.00. The molecule has 0 aliphatic rings. The second kappa shape index (κ2) is 4.46. The average molecular weight is 183 g/mol. The molecular formula is C4H10NO5P. The van der Waals surface area contributed by atoms with Crippen LogP contribution in [0.5, 0.6) is 0 Å². The molecule has 0 radical (unpaired) electrons. The first-order valence-corrected chi connectivity index (χ1v) is 4.66. The molecule has 0 aromatic heterocycles. The van der Waals surface area contributed by atoms with Gasteiger partial charge in [0, 0.05) is 6.42 Å². The van der Waals surface area contributed by atoms with Crippen LogP contribution in [0, 0.1) is 0 Å². The van der Waals surface area contributed by atoms with Gasteiger partial charge in [0.2, 0.25) is 0 Å². The minimum absolute atomic E-state index is 0.0836. The topological polar surface area (TPSA) is 110 Å². The zero-order valence-electron chi connectivity index (χ0n) is 5.77. The monoisotopic (exact) mass is 183 g/mol. The molecule has 0 aliphatic heterocycles. The molecule has 1 atom stereocenters. The van der Waals surface area contributed by atoms with Gasteiger partial charge in [-0.15, -0.1) is 0 Å². The van der Waals surface area contributed by atoms with E-state index in [4.69, 9.17) is 10.00 Å². The highest BCUT2D eigenvalue weighted by Crippen LogP contribution is 2.40. The molecule has 0 heterocycles. The van der Waals surface area contributed by atoms with E-state index in [0.717, 1.165) is 0 Å². The number of rotatable bonds is 5. The summed E-state index contributed by atoms with van der Waals surface area (Å²) in [6.07, 6.45) is -0.302. The van der Waals surface area contributed by atoms with Gasteiger partial charge >= 0.3 is 13.6 Å². The Balaban J connectivity index is 3.54. The Morgan fingerprint density at radius 1 is 1.64 bits per heavy atom. The third-order valence-corrected chi connectivity index (χ3v) is 2.21. The van der Waals surface area contributed by atoms with Crippen LogP contribution < -0.4 is 5.90 Å². The first-order valence-electron chi connectivity index (χ1n) is 2.90. The van der Waals surface area contributed by atoms with Crippen molar-refractivity contribution in [3.63, 3.8) is 0 Å². The van der Waals surface area contributed by atoms with Crippen molar-refractivity contribution in [3.8, 4) is 0 Å². The van der Waals surface area contributed by atoms with E-state index in [1.54, 1.807) is 0 Å². The van der Waals surface area contributed by atoms with Crippen molar-refractivity contribution in [1.82, 2.24) is 0 Å². The van der Waals surface area contributed by atoms with E-state index in [2.05, 4.69) is 10.5 Å². The molecule has 4 N–H and O–H groups in total. The molecule has 0 aromatic carbocycles. The summed E-state index contributed by atoms with van der Waals surface area (Å²) in [6.45, 7) is 0. The predicted octanol–water partition coefficient (Wildman–Crippen LogP) is -0.0731. The van der Waals surface area contributed by atoms with Crippen LogP contribution in [0.25, 0.3) is 0 Å². The molecule has 0 amide bonds. The fraction of sp³-hybridized carbons (Fsp3) is 0.750. The van der Waals surface area contributed by atoms with Crippen molar-refractivity contribution in [2.75, 3.05) is 6.16 Å². The van der Waals surface area contributed by atoms with Gasteiger partial charge in [0.25, 0.3) is 0 Å². The van der Waals surface area contributed by atoms with E-state index in [1.165, 1.54) is 0 Å². The molecule has 0 aliphatic carbocycles. The van der Waals surface area contributed by atoms with Gasteiger partial charge in [-0.2, -0.15) is 0 Å². The summed E-state index contributed by atoms with van der Waals surface area (Å²) < 4.78 is 14.3. The van der Waals surface area contributed by atoms with Crippen molar-refractivity contribution in [3.05, 3.63) is 0 Å². The summed E-state index contributed by atoms with van der Waals surface area (Å²) in [5, 5.41) is 8.14. The molecule has 0 fully saturated rings. The van der Waals surface area contributed by atoms with E-state index in [-0.39, 0.29) is 19.0 Å². The maximum Gasteiger partial charge on any atom is 0.344 e. The summed E-state index contributed by atoms with van der Waals surface area (Å²) in [4.78, 5) is 18.6. The van der Waals surface area contributed by atoms with E-state index in [9.17, 15) is 9.36 Å². The molecule has 7 heteroatoms. The van der Waals surface area contributed by atoms with Crippen LogP contribution in [0.3, 0.4) is 0 Å². The SMILES string of the molecule is NOP(=O)(O)CCCC(=O)O.